The van der Waals surface area contributed by atoms with E-state index < -0.39 is 15.8 Å². The second-order valence-electron chi connectivity index (χ2n) is 9.63. The summed E-state index contributed by atoms with van der Waals surface area (Å²) in [5, 5.41) is 11.9. The van der Waals surface area contributed by atoms with E-state index in [1.165, 1.54) is 0 Å². The van der Waals surface area contributed by atoms with E-state index in [4.69, 9.17) is 5.11 Å². The molecule has 3 rings (SSSR count). The molecule has 0 radical (unpaired) electrons. The third-order valence-corrected chi connectivity index (χ3v) is 8.80. The number of benzene rings is 2. The predicted molar refractivity (Wildman–Crippen MR) is 138 cm³/mol. The fourth-order valence-electron chi connectivity index (χ4n) is 4.99. The van der Waals surface area contributed by atoms with Crippen molar-refractivity contribution in [1.82, 2.24) is 5.32 Å². The summed E-state index contributed by atoms with van der Waals surface area (Å²) in [5.74, 6) is -0.798. The van der Waals surface area contributed by atoms with Crippen molar-refractivity contribution in [2.45, 2.75) is 70.7 Å². The molecule has 7 heteroatoms. The van der Waals surface area contributed by atoms with Crippen LogP contribution >= 0.6 is 0 Å². The molecule has 1 heterocycles. The molecule has 0 fully saturated rings. The summed E-state index contributed by atoms with van der Waals surface area (Å²) in [4.78, 5) is 13.5. The molecular weight excluding hydrogens is 448 g/mol. The van der Waals surface area contributed by atoms with Crippen molar-refractivity contribution in [1.29, 1.82) is 0 Å². The minimum atomic E-state index is -3.55. The summed E-state index contributed by atoms with van der Waals surface area (Å²) in [5.41, 5.74) is 3.15. The smallest absolute Gasteiger partial charge is 0.317 e. The van der Waals surface area contributed by atoms with Crippen LogP contribution in [0.25, 0.3) is 0 Å². The zero-order chi connectivity index (χ0) is 24.8. The normalized spacial score (nSPS) is 16.6. The summed E-state index contributed by atoms with van der Waals surface area (Å²) >= 11 is 0. The summed E-state index contributed by atoms with van der Waals surface area (Å²) in [6.45, 7) is 7.07. The maximum absolute atomic E-state index is 13.9. The summed E-state index contributed by atoms with van der Waals surface area (Å²) in [6, 6.07) is 13.8. The van der Waals surface area contributed by atoms with E-state index in [-0.39, 0.29) is 17.7 Å². The Labute approximate surface area is 204 Å². The van der Waals surface area contributed by atoms with Crippen LogP contribution in [-0.2, 0) is 21.2 Å². The molecule has 0 aliphatic carbocycles. The highest BCUT2D eigenvalue weighted by Crippen LogP contribution is 2.45. The van der Waals surface area contributed by atoms with Gasteiger partial charge in [-0.1, -0.05) is 57.7 Å². The van der Waals surface area contributed by atoms with Crippen molar-refractivity contribution in [3.05, 3.63) is 53.6 Å². The highest BCUT2D eigenvalue weighted by molar-refractivity contribution is 7.91. The maximum atomic E-state index is 13.9. The molecule has 1 aliphatic rings. The molecule has 2 N–H and O–H groups in total. The number of unbranched alkanes of at least 4 members (excludes halogenated alkanes) is 2. The Morgan fingerprint density at radius 1 is 1.09 bits per heavy atom. The molecule has 0 saturated carbocycles. The number of sulfone groups is 1. The van der Waals surface area contributed by atoms with Gasteiger partial charge in [-0.3, -0.25) is 4.79 Å². The number of nitrogens with one attached hydrogen (secondary N) is 1. The van der Waals surface area contributed by atoms with E-state index in [0.29, 0.717) is 18.0 Å². The van der Waals surface area contributed by atoms with Gasteiger partial charge in [0.1, 0.15) is 0 Å². The lowest BCUT2D eigenvalue weighted by molar-refractivity contribution is -0.136. The van der Waals surface area contributed by atoms with E-state index in [1.807, 2.05) is 43.3 Å². The number of anilines is 2. The lowest BCUT2D eigenvalue weighted by atomic mass is 9.79. The third kappa shape index (κ3) is 6.19. The first kappa shape index (κ1) is 26.2. The first-order chi connectivity index (χ1) is 16.2. The zero-order valence-electron chi connectivity index (χ0n) is 20.6. The first-order valence-corrected chi connectivity index (χ1v) is 14.0. The van der Waals surface area contributed by atoms with Crippen molar-refractivity contribution in [2.75, 3.05) is 23.7 Å². The number of para-hydroxylation sites is 1. The van der Waals surface area contributed by atoms with Crippen molar-refractivity contribution in [2.24, 2.45) is 5.41 Å². The van der Waals surface area contributed by atoms with E-state index >= 15 is 0 Å². The van der Waals surface area contributed by atoms with Gasteiger partial charge in [0, 0.05) is 24.2 Å². The molecule has 0 unspecified atom stereocenters. The largest absolute Gasteiger partial charge is 0.480 e. The molecule has 0 saturated heterocycles. The van der Waals surface area contributed by atoms with E-state index in [9.17, 15) is 13.2 Å². The molecular formula is C27H38N2O4S. The van der Waals surface area contributed by atoms with Gasteiger partial charge in [0.05, 0.1) is 22.9 Å². The Morgan fingerprint density at radius 2 is 1.74 bits per heavy atom. The van der Waals surface area contributed by atoms with Gasteiger partial charge in [-0.2, -0.15) is 0 Å². The summed E-state index contributed by atoms with van der Waals surface area (Å²) in [7, 11) is -3.55. The predicted octanol–water partition coefficient (Wildman–Crippen LogP) is 5.46. The SMILES string of the molecule is CCCCC1(CCCC)CN(c2ccccc2)c2cc(C)c(CNCC(=O)O)cc2S(=O)(=O)C1. The van der Waals surface area contributed by atoms with Crippen molar-refractivity contribution in [3.63, 3.8) is 0 Å². The second-order valence-corrected chi connectivity index (χ2v) is 11.6. The minimum Gasteiger partial charge on any atom is -0.480 e. The Hall–Kier alpha value is -2.38. The third-order valence-electron chi connectivity index (χ3n) is 6.81. The lowest BCUT2D eigenvalue weighted by Crippen LogP contribution is -2.38. The molecule has 0 atom stereocenters. The average Bonchev–Trinajstić information content (AvgIpc) is 2.89. The monoisotopic (exact) mass is 486 g/mol. The lowest BCUT2D eigenvalue weighted by Gasteiger charge is -2.37. The van der Waals surface area contributed by atoms with Crippen LogP contribution in [-0.4, -0.2) is 38.3 Å². The number of nitrogens with zero attached hydrogens (tertiary/aromatic N) is 1. The number of aryl methyl sites for hydroxylation is 1. The number of hydrogen-bond donors (Lipinski definition) is 2. The molecule has 2 aromatic carbocycles. The molecule has 6 nitrogen and oxygen atoms in total. The zero-order valence-corrected chi connectivity index (χ0v) is 21.5. The van der Waals surface area contributed by atoms with Gasteiger partial charge >= 0.3 is 5.97 Å². The first-order valence-electron chi connectivity index (χ1n) is 12.3. The number of carboxylic acids is 1. The Morgan fingerprint density at radius 3 is 2.32 bits per heavy atom. The van der Waals surface area contributed by atoms with E-state index in [1.54, 1.807) is 6.07 Å². The quantitative estimate of drug-likeness (QED) is 0.438. The van der Waals surface area contributed by atoms with Crippen LogP contribution in [0.15, 0.2) is 47.4 Å². The van der Waals surface area contributed by atoms with Crippen molar-refractivity contribution < 1.29 is 18.3 Å². The minimum absolute atomic E-state index is 0.140. The number of aliphatic carboxylic acids is 1. The van der Waals surface area contributed by atoms with Crippen molar-refractivity contribution >= 4 is 27.2 Å². The van der Waals surface area contributed by atoms with Gasteiger partial charge < -0.3 is 15.3 Å². The number of rotatable bonds is 11. The van der Waals surface area contributed by atoms with Gasteiger partial charge in [0.25, 0.3) is 0 Å². The topological polar surface area (TPSA) is 86.7 Å². The number of hydrogen-bond acceptors (Lipinski definition) is 5. The number of carbonyl (C=O) groups is 1. The highest BCUT2D eigenvalue weighted by atomic mass is 32.2. The van der Waals surface area contributed by atoms with Crippen molar-refractivity contribution in [3.8, 4) is 0 Å². The fraction of sp³-hybridized carbons (Fsp3) is 0.519. The van der Waals surface area contributed by atoms with Gasteiger partial charge in [-0.15, -0.1) is 0 Å². The van der Waals surface area contributed by atoms with Crippen LogP contribution < -0.4 is 10.2 Å². The molecule has 0 bridgehead atoms. The molecule has 0 spiro atoms. The molecule has 0 aromatic heterocycles. The second kappa shape index (κ2) is 11.4. The fourth-order valence-corrected chi connectivity index (χ4v) is 7.14. The van der Waals surface area contributed by atoms with Crippen LogP contribution in [0.4, 0.5) is 11.4 Å². The average molecular weight is 487 g/mol. The van der Waals surface area contributed by atoms with Crippen LogP contribution in [0.5, 0.6) is 0 Å². The molecule has 34 heavy (non-hydrogen) atoms. The van der Waals surface area contributed by atoms with Gasteiger partial charge in [-0.05, 0) is 55.2 Å². The Bertz CT molecular complexity index is 1080. The highest BCUT2D eigenvalue weighted by Gasteiger charge is 2.42. The Balaban J connectivity index is 2.15. The van der Waals surface area contributed by atoms with Gasteiger partial charge in [0.15, 0.2) is 9.84 Å². The molecule has 186 valence electrons. The van der Waals surface area contributed by atoms with Crippen LogP contribution in [0.2, 0.25) is 0 Å². The number of fused-ring (bicyclic) bond motifs is 1. The standard InChI is InChI=1S/C27H38N2O4S/c1-4-6-13-27(14-7-5-2)19-29(23-11-9-8-10-12-23)24-15-21(3)22(17-28-18-26(30)31)16-25(24)34(32,33)20-27/h8-12,15-16,28H,4-7,13-14,17-20H2,1-3H3,(H,30,31). The number of carboxylic acid groups (broad SMARTS) is 1. The van der Waals surface area contributed by atoms with Crippen LogP contribution in [0.1, 0.15) is 63.5 Å². The van der Waals surface area contributed by atoms with E-state index in [0.717, 1.165) is 61.0 Å². The molecule has 0 amide bonds. The summed E-state index contributed by atoms with van der Waals surface area (Å²) in [6.07, 6.45) is 5.83. The van der Waals surface area contributed by atoms with Gasteiger partial charge in [-0.25, -0.2) is 8.42 Å². The Kier molecular flexibility index (Phi) is 8.77. The van der Waals surface area contributed by atoms with Crippen LogP contribution in [0, 0.1) is 12.3 Å². The summed E-state index contributed by atoms with van der Waals surface area (Å²) < 4.78 is 27.8. The maximum Gasteiger partial charge on any atom is 0.317 e. The van der Waals surface area contributed by atoms with Crippen LogP contribution in [0.3, 0.4) is 0 Å². The molecule has 2 aromatic rings. The molecule has 1 aliphatic heterocycles. The van der Waals surface area contributed by atoms with Gasteiger partial charge in [0.2, 0.25) is 0 Å². The van der Waals surface area contributed by atoms with E-state index in [2.05, 4.69) is 24.1 Å².